The number of amides is 2. The molecule has 2 rings (SSSR count). The number of carbonyl (C=O) groups excluding carboxylic acids is 2. The number of anilines is 1. The molecule has 2 atom stereocenters. The maximum Gasteiger partial charge on any atom is 0.253 e. The van der Waals surface area contributed by atoms with Crippen LogP contribution in [-0.2, 0) is 4.79 Å². The van der Waals surface area contributed by atoms with Crippen LogP contribution < -0.4 is 10.6 Å². The van der Waals surface area contributed by atoms with Crippen LogP contribution in [0.25, 0.3) is 0 Å². The number of halogens is 1. The smallest absolute Gasteiger partial charge is 0.253 e. The van der Waals surface area contributed by atoms with Crippen LogP contribution >= 0.6 is 11.6 Å². The molecule has 0 saturated heterocycles. The Balaban J connectivity index is 2.14. The van der Waals surface area contributed by atoms with Gasteiger partial charge in [-0.15, -0.1) is 0 Å². The van der Waals surface area contributed by atoms with E-state index in [9.17, 15) is 19.7 Å². The van der Waals surface area contributed by atoms with Gasteiger partial charge in [0.2, 0.25) is 11.9 Å². The number of carbonyl (C=O) groups is 2. The van der Waals surface area contributed by atoms with E-state index >= 15 is 0 Å². The Kier molecular flexibility index (Phi) is 4.42. The third-order valence-corrected chi connectivity index (χ3v) is 3.42. The second-order valence-corrected chi connectivity index (χ2v) is 5.17. The molecule has 1 saturated carbocycles. The van der Waals surface area contributed by atoms with Crippen LogP contribution in [-0.4, -0.2) is 29.3 Å². The molecule has 2 amide bonds. The summed E-state index contributed by atoms with van der Waals surface area (Å²) in [4.78, 5) is 34.0. The van der Waals surface area contributed by atoms with E-state index in [1.165, 1.54) is 18.2 Å². The lowest BCUT2D eigenvalue weighted by molar-refractivity contribution is -0.497. The minimum atomic E-state index is -0.829. The topological polar surface area (TPSA) is 101 Å². The van der Waals surface area contributed by atoms with Crippen LogP contribution in [0, 0.1) is 16.0 Å². The summed E-state index contributed by atoms with van der Waals surface area (Å²) >= 11 is 5.86. The van der Waals surface area contributed by atoms with Crippen LogP contribution in [0.15, 0.2) is 18.2 Å². The van der Waals surface area contributed by atoms with Crippen molar-refractivity contribution < 1.29 is 14.5 Å². The summed E-state index contributed by atoms with van der Waals surface area (Å²) in [5.41, 5.74) is 0.528. The van der Waals surface area contributed by atoms with Gasteiger partial charge in [0, 0.05) is 22.9 Å². The molecule has 0 spiro atoms. The van der Waals surface area contributed by atoms with Crippen LogP contribution in [0.4, 0.5) is 5.69 Å². The van der Waals surface area contributed by atoms with Crippen molar-refractivity contribution in [1.29, 1.82) is 0 Å². The number of nitro groups is 1. The first-order valence-corrected chi connectivity index (χ1v) is 6.84. The lowest BCUT2D eigenvalue weighted by Gasteiger charge is -2.11. The summed E-state index contributed by atoms with van der Waals surface area (Å²) in [7, 11) is 0. The molecule has 0 radical (unpaired) electrons. The van der Waals surface area contributed by atoms with Gasteiger partial charge in [0.15, 0.2) is 0 Å². The van der Waals surface area contributed by atoms with Gasteiger partial charge in [0.05, 0.1) is 11.3 Å². The van der Waals surface area contributed by atoms with Gasteiger partial charge in [0.25, 0.3) is 5.91 Å². The van der Waals surface area contributed by atoms with E-state index in [2.05, 4.69) is 10.6 Å². The Hall–Kier alpha value is -2.15. The molecule has 0 aliphatic heterocycles. The first-order chi connectivity index (χ1) is 9.93. The van der Waals surface area contributed by atoms with Crippen LogP contribution in [0.5, 0.6) is 0 Å². The second-order valence-electron chi connectivity index (χ2n) is 4.73. The highest BCUT2D eigenvalue weighted by Crippen LogP contribution is 2.34. The van der Waals surface area contributed by atoms with Crippen LogP contribution in [0.1, 0.15) is 23.7 Å². The van der Waals surface area contributed by atoms with Gasteiger partial charge in [-0.1, -0.05) is 11.6 Å². The molecule has 21 heavy (non-hydrogen) atoms. The second kappa shape index (κ2) is 6.09. The zero-order valence-electron chi connectivity index (χ0n) is 11.3. The Labute approximate surface area is 125 Å². The first kappa shape index (κ1) is 15.2. The number of benzene rings is 1. The predicted octanol–water partition coefficient (Wildman–Crippen LogP) is 1.69. The summed E-state index contributed by atoms with van der Waals surface area (Å²) in [6, 6.07) is 3.66. The van der Waals surface area contributed by atoms with Crippen molar-refractivity contribution in [2.75, 3.05) is 11.9 Å². The molecular weight excluding hydrogens is 298 g/mol. The molecule has 1 aliphatic rings. The van der Waals surface area contributed by atoms with Crippen LogP contribution in [0.2, 0.25) is 5.02 Å². The highest BCUT2D eigenvalue weighted by atomic mass is 35.5. The van der Waals surface area contributed by atoms with Gasteiger partial charge in [-0.05, 0) is 25.1 Å². The van der Waals surface area contributed by atoms with Gasteiger partial charge in [-0.25, -0.2) is 0 Å². The van der Waals surface area contributed by atoms with Gasteiger partial charge in [0.1, 0.15) is 5.92 Å². The van der Waals surface area contributed by atoms with E-state index in [0.29, 0.717) is 17.3 Å². The van der Waals surface area contributed by atoms with E-state index in [1.54, 1.807) is 6.92 Å². The Morgan fingerprint density at radius 3 is 2.76 bits per heavy atom. The normalized spacial score (nSPS) is 19.7. The Bertz CT molecular complexity index is 605. The fraction of sp³-hybridized carbons (Fsp3) is 0.385. The quantitative estimate of drug-likeness (QED) is 0.638. The van der Waals surface area contributed by atoms with Crippen molar-refractivity contribution >= 4 is 29.1 Å². The van der Waals surface area contributed by atoms with Crippen molar-refractivity contribution in [2.45, 2.75) is 19.4 Å². The molecule has 1 aromatic rings. The van der Waals surface area contributed by atoms with E-state index in [0.717, 1.165) is 0 Å². The van der Waals surface area contributed by atoms with Gasteiger partial charge in [-0.2, -0.15) is 0 Å². The molecule has 1 aromatic carbocycles. The van der Waals surface area contributed by atoms with Crippen molar-refractivity contribution in [3.05, 3.63) is 38.9 Å². The number of rotatable bonds is 5. The predicted molar refractivity (Wildman–Crippen MR) is 77.0 cm³/mol. The van der Waals surface area contributed by atoms with Crippen LogP contribution in [0.3, 0.4) is 0 Å². The molecule has 0 heterocycles. The molecule has 112 valence electrons. The van der Waals surface area contributed by atoms with Crippen molar-refractivity contribution in [2.24, 2.45) is 5.92 Å². The SMILES string of the molecule is CCNC(=O)c1cc(Cl)ccc1NC(=O)[C@H]1C[C@H]1[N+](=O)[O-]. The maximum atomic E-state index is 11.9. The average Bonchev–Trinajstić information content (AvgIpc) is 3.21. The number of hydrogen-bond donors (Lipinski definition) is 2. The minimum absolute atomic E-state index is 0.225. The van der Waals surface area contributed by atoms with Crippen molar-refractivity contribution in [1.82, 2.24) is 5.32 Å². The monoisotopic (exact) mass is 311 g/mol. The average molecular weight is 312 g/mol. The maximum absolute atomic E-state index is 11.9. The number of hydrogen-bond acceptors (Lipinski definition) is 4. The fourth-order valence-corrected chi connectivity index (χ4v) is 2.16. The lowest BCUT2D eigenvalue weighted by Crippen LogP contribution is -2.25. The molecule has 0 bridgehead atoms. The van der Waals surface area contributed by atoms with E-state index in [-0.39, 0.29) is 17.9 Å². The highest BCUT2D eigenvalue weighted by molar-refractivity contribution is 6.31. The summed E-state index contributed by atoms with van der Waals surface area (Å²) in [6.45, 7) is 2.21. The standard InChI is InChI=1S/C13H14ClN3O4/c1-2-15-12(18)8-5-7(14)3-4-10(8)16-13(19)9-6-11(9)17(20)21/h3-5,9,11H,2,6H2,1H3,(H,15,18)(H,16,19)/t9-,11+/m0/s1. The third-order valence-electron chi connectivity index (χ3n) is 3.19. The highest BCUT2D eigenvalue weighted by Gasteiger charge is 2.53. The molecule has 8 heteroatoms. The van der Waals surface area contributed by atoms with Gasteiger partial charge >= 0.3 is 0 Å². The Morgan fingerprint density at radius 2 is 2.19 bits per heavy atom. The minimum Gasteiger partial charge on any atom is -0.352 e. The molecule has 0 aromatic heterocycles. The van der Waals surface area contributed by atoms with Gasteiger partial charge < -0.3 is 10.6 Å². The summed E-state index contributed by atoms with van der Waals surface area (Å²) in [5, 5.41) is 16.1. The first-order valence-electron chi connectivity index (χ1n) is 6.46. The fourth-order valence-electron chi connectivity index (χ4n) is 1.99. The van der Waals surface area contributed by atoms with E-state index in [4.69, 9.17) is 11.6 Å². The van der Waals surface area contributed by atoms with Crippen molar-refractivity contribution in [3.63, 3.8) is 0 Å². The molecule has 7 nitrogen and oxygen atoms in total. The number of nitrogens with zero attached hydrogens (tertiary/aromatic N) is 1. The summed E-state index contributed by atoms with van der Waals surface area (Å²) in [5.74, 6) is -1.46. The summed E-state index contributed by atoms with van der Waals surface area (Å²) < 4.78 is 0. The molecular formula is C13H14ClN3O4. The largest absolute Gasteiger partial charge is 0.352 e. The Morgan fingerprint density at radius 1 is 1.48 bits per heavy atom. The van der Waals surface area contributed by atoms with Crippen molar-refractivity contribution in [3.8, 4) is 0 Å². The molecule has 2 N–H and O–H groups in total. The number of nitrogens with one attached hydrogen (secondary N) is 2. The van der Waals surface area contributed by atoms with Gasteiger partial charge in [-0.3, -0.25) is 19.7 Å². The molecule has 1 aliphatic carbocycles. The third kappa shape index (κ3) is 3.49. The molecule has 1 fully saturated rings. The molecule has 0 unspecified atom stereocenters. The zero-order valence-corrected chi connectivity index (χ0v) is 12.0. The van der Waals surface area contributed by atoms with E-state index in [1.807, 2.05) is 0 Å². The van der Waals surface area contributed by atoms with E-state index < -0.39 is 22.8 Å². The summed E-state index contributed by atoms with van der Waals surface area (Å²) in [6.07, 6.45) is 0.225. The lowest BCUT2D eigenvalue weighted by atomic mass is 10.1. The zero-order chi connectivity index (χ0) is 15.6.